The Hall–Kier alpha value is -0.730. The van der Waals surface area contributed by atoms with Crippen LogP contribution in [0.4, 0.5) is 5.69 Å². The lowest BCUT2D eigenvalue weighted by Gasteiger charge is -2.20. The van der Waals surface area contributed by atoms with E-state index in [2.05, 4.69) is 30.0 Å². The number of halogens is 1. The fourth-order valence-corrected chi connectivity index (χ4v) is 3.01. The molecule has 2 nitrogen and oxygen atoms in total. The van der Waals surface area contributed by atoms with Gasteiger partial charge in [-0.1, -0.05) is 31.0 Å². The van der Waals surface area contributed by atoms with Gasteiger partial charge in [0.2, 0.25) is 0 Å². The average Bonchev–Trinajstić information content (AvgIpc) is 2.76. The van der Waals surface area contributed by atoms with Crippen molar-refractivity contribution in [3.05, 3.63) is 28.8 Å². The number of anilines is 1. The molecule has 0 aromatic heterocycles. The van der Waals surface area contributed by atoms with Gasteiger partial charge in [0.1, 0.15) is 0 Å². The summed E-state index contributed by atoms with van der Waals surface area (Å²) in [6.45, 7) is 6.56. The van der Waals surface area contributed by atoms with E-state index in [-0.39, 0.29) is 6.04 Å². The maximum atomic E-state index is 6.40. The van der Waals surface area contributed by atoms with Crippen LogP contribution in [0.25, 0.3) is 0 Å². The summed E-state index contributed by atoms with van der Waals surface area (Å²) < 4.78 is 0. The summed E-state index contributed by atoms with van der Waals surface area (Å²) in [5.74, 6) is 0.824. The molecule has 1 aliphatic heterocycles. The molecule has 1 aliphatic rings. The quantitative estimate of drug-likeness (QED) is 0.904. The smallest absolute Gasteiger partial charge is 0.0642 e. The predicted octanol–water partition coefficient (Wildman–Crippen LogP) is 3.47. The first-order valence-corrected chi connectivity index (χ1v) is 7.27. The van der Waals surface area contributed by atoms with Crippen LogP contribution in [0.1, 0.15) is 32.3 Å². The van der Waals surface area contributed by atoms with Crippen LogP contribution in [0, 0.1) is 5.92 Å². The minimum absolute atomic E-state index is 0.183. The van der Waals surface area contributed by atoms with Crippen LogP contribution >= 0.6 is 11.6 Å². The molecule has 2 atom stereocenters. The second-order valence-electron chi connectivity index (χ2n) is 5.48. The van der Waals surface area contributed by atoms with Crippen molar-refractivity contribution in [2.75, 3.05) is 18.0 Å². The van der Waals surface area contributed by atoms with Crippen LogP contribution in [0.2, 0.25) is 5.02 Å². The lowest BCUT2D eigenvalue weighted by atomic mass is 10.1. The van der Waals surface area contributed by atoms with Crippen molar-refractivity contribution in [3.63, 3.8) is 0 Å². The first-order valence-electron chi connectivity index (χ1n) is 6.89. The van der Waals surface area contributed by atoms with Gasteiger partial charge in [0, 0.05) is 19.1 Å². The van der Waals surface area contributed by atoms with E-state index in [9.17, 15) is 0 Å². The lowest BCUT2D eigenvalue weighted by molar-refractivity contribution is 0.569. The highest BCUT2D eigenvalue weighted by molar-refractivity contribution is 6.33. The van der Waals surface area contributed by atoms with Crippen LogP contribution in [0.3, 0.4) is 0 Å². The van der Waals surface area contributed by atoms with Gasteiger partial charge in [0.05, 0.1) is 10.7 Å². The van der Waals surface area contributed by atoms with Crippen molar-refractivity contribution in [1.29, 1.82) is 0 Å². The lowest BCUT2D eigenvalue weighted by Crippen LogP contribution is -2.20. The molecule has 0 saturated carbocycles. The Morgan fingerprint density at radius 2 is 2.28 bits per heavy atom. The maximum absolute atomic E-state index is 6.40. The Morgan fingerprint density at radius 1 is 1.50 bits per heavy atom. The molecule has 0 radical (unpaired) electrons. The standard InChI is InChI=1S/C15H23ClN2/c1-3-12-6-7-18(10-12)15-5-4-13(8-11(2)17)9-14(15)16/h4-5,9,11-12H,3,6-8,10,17H2,1-2H3. The molecule has 1 heterocycles. The number of hydrogen-bond donors (Lipinski definition) is 1. The van der Waals surface area contributed by atoms with Crippen molar-refractivity contribution in [2.24, 2.45) is 11.7 Å². The molecule has 0 amide bonds. The summed E-state index contributed by atoms with van der Waals surface area (Å²) in [5.41, 5.74) is 8.23. The second-order valence-corrected chi connectivity index (χ2v) is 5.88. The third-order valence-electron chi connectivity index (χ3n) is 3.77. The van der Waals surface area contributed by atoms with Gasteiger partial charge >= 0.3 is 0 Å². The highest BCUT2D eigenvalue weighted by Gasteiger charge is 2.22. The van der Waals surface area contributed by atoms with E-state index in [0.717, 1.165) is 30.5 Å². The third-order valence-corrected chi connectivity index (χ3v) is 4.08. The first kappa shape index (κ1) is 13.7. The van der Waals surface area contributed by atoms with Crippen LogP contribution in [-0.4, -0.2) is 19.1 Å². The maximum Gasteiger partial charge on any atom is 0.0642 e. The molecule has 1 aromatic rings. The molecule has 18 heavy (non-hydrogen) atoms. The zero-order chi connectivity index (χ0) is 13.1. The van der Waals surface area contributed by atoms with Gasteiger partial charge in [-0.3, -0.25) is 0 Å². The Kier molecular flexibility index (Phi) is 4.52. The summed E-state index contributed by atoms with van der Waals surface area (Å²) >= 11 is 6.40. The van der Waals surface area contributed by atoms with Crippen LogP contribution in [-0.2, 0) is 6.42 Å². The molecule has 3 heteroatoms. The molecule has 2 N–H and O–H groups in total. The highest BCUT2D eigenvalue weighted by atomic mass is 35.5. The molecule has 2 unspecified atom stereocenters. The van der Waals surface area contributed by atoms with E-state index in [4.69, 9.17) is 17.3 Å². The zero-order valence-corrected chi connectivity index (χ0v) is 12.1. The normalized spacial score (nSPS) is 21.3. The molecule has 100 valence electrons. The van der Waals surface area contributed by atoms with Gasteiger partial charge in [0.25, 0.3) is 0 Å². The minimum Gasteiger partial charge on any atom is -0.370 e. The minimum atomic E-state index is 0.183. The fourth-order valence-electron chi connectivity index (χ4n) is 2.69. The number of hydrogen-bond acceptors (Lipinski definition) is 2. The first-order chi connectivity index (χ1) is 8.60. The van der Waals surface area contributed by atoms with Gasteiger partial charge < -0.3 is 10.6 Å². The van der Waals surface area contributed by atoms with E-state index >= 15 is 0 Å². The summed E-state index contributed by atoms with van der Waals surface area (Å²) in [4.78, 5) is 2.41. The number of rotatable bonds is 4. The number of nitrogens with two attached hydrogens (primary N) is 1. The predicted molar refractivity (Wildman–Crippen MR) is 79.4 cm³/mol. The van der Waals surface area contributed by atoms with Gasteiger partial charge in [0.15, 0.2) is 0 Å². The van der Waals surface area contributed by atoms with E-state index in [0.29, 0.717) is 0 Å². The van der Waals surface area contributed by atoms with Crippen molar-refractivity contribution < 1.29 is 0 Å². The van der Waals surface area contributed by atoms with Gasteiger partial charge in [-0.25, -0.2) is 0 Å². The molecule has 0 aliphatic carbocycles. The highest BCUT2D eigenvalue weighted by Crippen LogP contribution is 2.32. The zero-order valence-electron chi connectivity index (χ0n) is 11.3. The molecule has 1 saturated heterocycles. The molecular formula is C15H23ClN2. The number of benzene rings is 1. The van der Waals surface area contributed by atoms with E-state index in [1.165, 1.54) is 24.1 Å². The molecule has 1 aromatic carbocycles. The monoisotopic (exact) mass is 266 g/mol. The summed E-state index contributed by atoms with van der Waals surface area (Å²) in [7, 11) is 0. The largest absolute Gasteiger partial charge is 0.370 e. The molecule has 0 spiro atoms. The number of nitrogens with zero attached hydrogens (tertiary/aromatic N) is 1. The van der Waals surface area contributed by atoms with Crippen molar-refractivity contribution in [2.45, 2.75) is 39.2 Å². The Labute approximate surface area is 115 Å². The van der Waals surface area contributed by atoms with Crippen LogP contribution in [0.5, 0.6) is 0 Å². The van der Waals surface area contributed by atoms with Gasteiger partial charge in [-0.05, 0) is 43.4 Å². The van der Waals surface area contributed by atoms with Crippen LogP contribution < -0.4 is 10.6 Å². The summed E-state index contributed by atoms with van der Waals surface area (Å²) in [6.07, 6.45) is 3.43. The summed E-state index contributed by atoms with van der Waals surface area (Å²) in [6, 6.07) is 6.56. The third kappa shape index (κ3) is 3.18. The topological polar surface area (TPSA) is 29.3 Å². The van der Waals surface area contributed by atoms with Gasteiger partial charge in [-0.15, -0.1) is 0 Å². The van der Waals surface area contributed by atoms with E-state index in [1.807, 2.05) is 6.92 Å². The Balaban J connectivity index is 2.10. The molecule has 2 rings (SSSR count). The Bertz CT molecular complexity index is 403. The molecule has 1 fully saturated rings. The van der Waals surface area contributed by atoms with E-state index < -0.39 is 0 Å². The fraction of sp³-hybridized carbons (Fsp3) is 0.600. The molecular weight excluding hydrogens is 244 g/mol. The van der Waals surface area contributed by atoms with Crippen molar-refractivity contribution >= 4 is 17.3 Å². The van der Waals surface area contributed by atoms with E-state index in [1.54, 1.807) is 0 Å². The average molecular weight is 267 g/mol. The molecule has 0 bridgehead atoms. The Morgan fingerprint density at radius 3 is 2.83 bits per heavy atom. The second kappa shape index (κ2) is 5.94. The SMILES string of the molecule is CCC1CCN(c2ccc(CC(C)N)cc2Cl)C1. The van der Waals surface area contributed by atoms with Crippen molar-refractivity contribution in [3.8, 4) is 0 Å². The van der Waals surface area contributed by atoms with Crippen molar-refractivity contribution in [1.82, 2.24) is 0 Å². The van der Waals surface area contributed by atoms with Crippen LogP contribution in [0.15, 0.2) is 18.2 Å². The summed E-state index contributed by atoms with van der Waals surface area (Å²) in [5, 5.41) is 0.866. The van der Waals surface area contributed by atoms with Gasteiger partial charge in [-0.2, -0.15) is 0 Å².